The summed E-state index contributed by atoms with van der Waals surface area (Å²) in [6, 6.07) is 20.4. The lowest BCUT2D eigenvalue weighted by Gasteiger charge is -2.13. The predicted molar refractivity (Wildman–Crippen MR) is 116 cm³/mol. The summed E-state index contributed by atoms with van der Waals surface area (Å²) in [5.74, 6) is 1.19. The number of hydrogen-bond acceptors (Lipinski definition) is 5. The fourth-order valence-corrected chi connectivity index (χ4v) is 3.27. The quantitative estimate of drug-likeness (QED) is 0.427. The molecule has 1 aromatic heterocycles. The smallest absolute Gasteiger partial charge is 0.339 e. The zero-order valence-corrected chi connectivity index (χ0v) is 16.5. The molecule has 0 saturated heterocycles. The molecule has 4 rings (SSSR count). The molecule has 0 bridgehead atoms. The molecule has 150 valence electrons. The van der Waals surface area contributed by atoms with E-state index in [9.17, 15) is 9.90 Å². The molecule has 3 aromatic carbocycles. The number of fused-ring (bicyclic) bond motifs is 1. The summed E-state index contributed by atoms with van der Waals surface area (Å²) < 4.78 is 11.3. The summed E-state index contributed by atoms with van der Waals surface area (Å²) in [6.07, 6.45) is 1.65. The first-order valence-electron chi connectivity index (χ1n) is 9.36. The summed E-state index contributed by atoms with van der Waals surface area (Å²) >= 11 is 0. The van der Waals surface area contributed by atoms with Crippen LogP contribution in [0.5, 0.6) is 17.2 Å². The van der Waals surface area contributed by atoms with Crippen LogP contribution in [-0.4, -0.2) is 23.2 Å². The molecule has 6 heteroatoms. The first-order chi connectivity index (χ1) is 14.5. The van der Waals surface area contributed by atoms with Crippen LogP contribution in [0.2, 0.25) is 0 Å². The third-order valence-electron chi connectivity index (χ3n) is 4.77. The van der Waals surface area contributed by atoms with Crippen molar-refractivity contribution in [2.45, 2.75) is 6.92 Å². The van der Waals surface area contributed by atoms with Crippen LogP contribution in [-0.2, 0) is 0 Å². The molecule has 0 saturated carbocycles. The van der Waals surface area contributed by atoms with Gasteiger partial charge in [0.05, 0.1) is 7.11 Å². The van der Waals surface area contributed by atoms with Gasteiger partial charge in [-0.15, -0.1) is 0 Å². The van der Waals surface area contributed by atoms with E-state index >= 15 is 0 Å². The fraction of sp³-hybridized carbons (Fsp3) is 0.0833. The van der Waals surface area contributed by atoms with Crippen molar-refractivity contribution in [1.82, 2.24) is 4.98 Å². The van der Waals surface area contributed by atoms with E-state index < -0.39 is 5.97 Å². The third-order valence-corrected chi connectivity index (χ3v) is 4.77. The number of carboxylic acid groups (broad SMARTS) is 1. The number of aromatic carboxylic acids is 1. The second kappa shape index (κ2) is 8.13. The number of hydrogen-bond donors (Lipinski definition) is 2. The number of aromatic nitrogens is 1. The summed E-state index contributed by atoms with van der Waals surface area (Å²) in [5, 5.41) is 14.6. The van der Waals surface area contributed by atoms with Crippen LogP contribution in [0, 0.1) is 6.92 Å². The molecule has 0 amide bonds. The van der Waals surface area contributed by atoms with E-state index in [1.54, 1.807) is 30.5 Å². The molecule has 4 aromatic rings. The second-order valence-corrected chi connectivity index (χ2v) is 6.75. The van der Waals surface area contributed by atoms with Gasteiger partial charge in [0, 0.05) is 29.4 Å². The lowest BCUT2D eigenvalue weighted by molar-refractivity contribution is 0.0693. The predicted octanol–water partition coefficient (Wildman–Crippen LogP) is 5.79. The molecule has 0 aliphatic heterocycles. The highest BCUT2D eigenvalue weighted by Gasteiger charge is 2.12. The van der Waals surface area contributed by atoms with Crippen molar-refractivity contribution < 1.29 is 19.4 Å². The van der Waals surface area contributed by atoms with Gasteiger partial charge in [-0.1, -0.05) is 30.3 Å². The van der Waals surface area contributed by atoms with E-state index in [-0.39, 0.29) is 11.3 Å². The van der Waals surface area contributed by atoms with Crippen LogP contribution < -0.4 is 14.8 Å². The number of carbonyl (C=O) groups is 1. The molecule has 6 nitrogen and oxygen atoms in total. The first kappa shape index (κ1) is 19.3. The van der Waals surface area contributed by atoms with Gasteiger partial charge in [0.25, 0.3) is 0 Å². The van der Waals surface area contributed by atoms with E-state index in [0.717, 1.165) is 16.5 Å². The Morgan fingerprint density at radius 3 is 2.53 bits per heavy atom. The zero-order chi connectivity index (χ0) is 21.1. The molecule has 0 aliphatic rings. The van der Waals surface area contributed by atoms with Crippen molar-refractivity contribution in [2.75, 3.05) is 12.4 Å². The maximum absolute atomic E-state index is 11.3. The topological polar surface area (TPSA) is 80.7 Å². The van der Waals surface area contributed by atoms with Gasteiger partial charge in [-0.2, -0.15) is 0 Å². The summed E-state index contributed by atoms with van der Waals surface area (Å²) in [7, 11) is 1.43. The van der Waals surface area contributed by atoms with Gasteiger partial charge in [-0.05, 0) is 42.1 Å². The minimum absolute atomic E-state index is 0.0966. The number of pyridine rings is 1. The standard InChI is InChI=1S/C24H20N2O4/c1-15-7-10-21(19-6-4-3-5-18(15)19)30-17-11-12-25-23(14-17)26-16-8-9-20(24(27)28)22(13-16)29-2/h3-14H,1-2H3,(H,25,26)(H,27,28). The molecule has 0 aliphatic carbocycles. The van der Waals surface area contributed by atoms with E-state index in [2.05, 4.69) is 23.3 Å². The van der Waals surface area contributed by atoms with Crippen molar-refractivity contribution >= 4 is 28.2 Å². The molecule has 0 fully saturated rings. The molecule has 0 unspecified atom stereocenters. The van der Waals surface area contributed by atoms with Crippen LogP contribution in [0.3, 0.4) is 0 Å². The van der Waals surface area contributed by atoms with Crippen LogP contribution in [0.15, 0.2) is 72.9 Å². The van der Waals surface area contributed by atoms with Gasteiger partial charge >= 0.3 is 5.97 Å². The number of aryl methyl sites for hydroxylation is 1. The zero-order valence-electron chi connectivity index (χ0n) is 16.5. The average molecular weight is 400 g/mol. The highest BCUT2D eigenvalue weighted by molar-refractivity contribution is 5.92. The Morgan fingerprint density at radius 2 is 1.77 bits per heavy atom. The van der Waals surface area contributed by atoms with Crippen LogP contribution in [0.4, 0.5) is 11.5 Å². The Labute approximate surface area is 173 Å². The molecule has 2 N–H and O–H groups in total. The van der Waals surface area contributed by atoms with E-state index in [1.165, 1.54) is 18.7 Å². The molecule has 1 heterocycles. The Bertz CT molecular complexity index is 1240. The number of rotatable bonds is 6. The monoisotopic (exact) mass is 400 g/mol. The Morgan fingerprint density at radius 1 is 0.967 bits per heavy atom. The van der Waals surface area contributed by atoms with Crippen molar-refractivity contribution in [1.29, 1.82) is 0 Å². The fourth-order valence-electron chi connectivity index (χ4n) is 3.27. The molecule has 0 spiro atoms. The largest absolute Gasteiger partial charge is 0.496 e. The SMILES string of the molecule is COc1cc(Nc2cc(Oc3ccc(C)c4ccccc34)ccn2)ccc1C(=O)O. The summed E-state index contributed by atoms with van der Waals surface area (Å²) in [6.45, 7) is 2.07. The molecule has 30 heavy (non-hydrogen) atoms. The van der Waals surface area contributed by atoms with Crippen molar-refractivity contribution in [2.24, 2.45) is 0 Å². The Balaban J connectivity index is 1.60. The number of methoxy groups -OCH3 is 1. The minimum atomic E-state index is -1.04. The molecular formula is C24H20N2O4. The number of ether oxygens (including phenoxy) is 2. The summed E-state index contributed by atoms with van der Waals surface area (Å²) in [4.78, 5) is 15.6. The third kappa shape index (κ3) is 3.89. The minimum Gasteiger partial charge on any atom is -0.496 e. The summed E-state index contributed by atoms with van der Waals surface area (Å²) in [5.41, 5.74) is 1.94. The first-order valence-corrected chi connectivity index (χ1v) is 9.36. The number of nitrogens with zero attached hydrogens (tertiary/aromatic N) is 1. The Kier molecular flexibility index (Phi) is 5.22. The number of anilines is 2. The van der Waals surface area contributed by atoms with Crippen molar-refractivity contribution in [3.05, 3.63) is 84.1 Å². The van der Waals surface area contributed by atoms with Crippen LogP contribution >= 0.6 is 0 Å². The van der Waals surface area contributed by atoms with Crippen LogP contribution in [0.25, 0.3) is 10.8 Å². The number of carboxylic acids is 1. The van der Waals surface area contributed by atoms with E-state index in [4.69, 9.17) is 9.47 Å². The molecule has 0 atom stereocenters. The highest BCUT2D eigenvalue weighted by atomic mass is 16.5. The van der Waals surface area contributed by atoms with E-state index in [0.29, 0.717) is 17.3 Å². The maximum Gasteiger partial charge on any atom is 0.339 e. The number of nitrogens with one attached hydrogen (secondary N) is 1. The van der Waals surface area contributed by atoms with E-state index in [1.807, 2.05) is 30.3 Å². The second-order valence-electron chi connectivity index (χ2n) is 6.75. The highest BCUT2D eigenvalue weighted by Crippen LogP contribution is 2.33. The van der Waals surface area contributed by atoms with Gasteiger partial charge in [0.1, 0.15) is 28.6 Å². The normalized spacial score (nSPS) is 10.6. The average Bonchev–Trinajstić information content (AvgIpc) is 2.76. The van der Waals surface area contributed by atoms with Gasteiger partial charge in [-0.3, -0.25) is 0 Å². The lowest BCUT2D eigenvalue weighted by Crippen LogP contribution is -2.01. The van der Waals surface area contributed by atoms with Gasteiger partial charge in [0.2, 0.25) is 0 Å². The number of benzene rings is 3. The van der Waals surface area contributed by atoms with Gasteiger partial charge in [-0.25, -0.2) is 9.78 Å². The van der Waals surface area contributed by atoms with Crippen LogP contribution in [0.1, 0.15) is 15.9 Å². The van der Waals surface area contributed by atoms with Gasteiger partial charge < -0.3 is 19.9 Å². The molecular weight excluding hydrogens is 380 g/mol. The van der Waals surface area contributed by atoms with Gasteiger partial charge in [0.15, 0.2) is 0 Å². The molecule has 0 radical (unpaired) electrons. The Hall–Kier alpha value is -4.06. The van der Waals surface area contributed by atoms with Crippen molar-refractivity contribution in [3.8, 4) is 17.2 Å². The lowest BCUT2D eigenvalue weighted by atomic mass is 10.0. The van der Waals surface area contributed by atoms with Crippen molar-refractivity contribution in [3.63, 3.8) is 0 Å². The maximum atomic E-state index is 11.3.